The van der Waals surface area contributed by atoms with E-state index >= 15 is 0 Å². The van der Waals surface area contributed by atoms with Crippen molar-refractivity contribution in [3.05, 3.63) is 75.0 Å². The molecule has 0 saturated carbocycles. The third-order valence-corrected chi connectivity index (χ3v) is 4.70. The summed E-state index contributed by atoms with van der Waals surface area (Å²) < 4.78 is 28.3. The lowest BCUT2D eigenvalue weighted by atomic mass is 10.0. The molecule has 0 amide bonds. The number of allylic oxidation sites excluding steroid dienone is 4. The van der Waals surface area contributed by atoms with Gasteiger partial charge in [0.1, 0.15) is 6.67 Å². The number of hydrogen-bond donors (Lipinski definition) is 1. The lowest BCUT2D eigenvalue weighted by molar-refractivity contribution is 0.571. The Bertz CT molecular complexity index is 1220. The van der Waals surface area contributed by atoms with Gasteiger partial charge in [0.05, 0.1) is 23.2 Å². The number of alkyl halides is 1. The van der Waals surface area contributed by atoms with Gasteiger partial charge in [-0.15, -0.1) is 0 Å². The molecular weight excluding hydrogens is 374 g/mol. The average molecular weight is 394 g/mol. The van der Waals surface area contributed by atoms with E-state index in [-0.39, 0.29) is 16.8 Å². The predicted molar refractivity (Wildman–Crippen MR) is 109 cm³/mol. The molecule has 0 radical (unpaired) electrons. The minimum Gasteiger partial charge on any atom is -0.293 e. The Kier molecular flexibility index (Phi) is 5.74. The number of halogens is 2. The zero-order valence-corrected chi connectivity index (χ0v) is 16.4. The van der Waals surface area contributed by atoms with Crippen LogP contribution in [0.2, 0.25) is 0 Å². The van der Waals surface area contributed by atoms with E-state index < -0.39 is 12.5 Å². The van der Waals surface area contributed by atoms with Gasteiger partial charge in [-0.05, 0) is 44.1 Å². The van der Waals surface area contributed by atoms with Crippen molar-refractivity contribution in [3.63, 3.8) is 0 Å². The molecule has 3 rings (SSSR count). The second-order valence-corrected chi connectivity index (χ2v) is 6.64. The van der Waals surface area contributed by atoms with Crippen LogP contribution in [0.5, 0.6) is 0 Å². The predicted octanol–water partition coefficient (Wildman–Crippen LogP) is 4.66. The van der Waals surface area contributed by atoms with E-state index in [1.165, 1.54) is 23.6 Å². The number of fused-ring (bicyclic) bond motifs is 1. The van der Waals surface area contributed by atoms with E-state index in [0.29, 0.717) is 40.1 Å². The highest BCUT2D eigenvalue weighted by atomic mass is 19.1. The fraction of sp³-hybridized carbons (Fsp3) is 0.227. The van der Waals surface area contributed by atoms with Crippen LogP contribution in [0.3, 0.4) is 0 Å². The zero-order chi connectivity index (χ0) is 21.1. The number of nitrogens with one attached hydrogen (secondary N) is 1. The summed E-state index contributed by atoms with van der Waals surface area (Å²) in [6.07, 6.45) is 3.07. The molecule has 1 aromatic carbocycles. The van der Waals surface area contributed by atoms with Gasteiger partial charge >= 0.3 is 0 Å². The molecule has 0 aliphatic carbocycles. The number of hydrogen-bond acceptors (Lipinski definition) is 3. The van der Waals surface area contributed by atoms with Gasteiger partial charge in [0.2, 0.25) is 0 Å². The van der Waals surface area contributed by atoms with Crippen LogP contribution in [0.1, 0.15) is 36.2 Å². The summed E-state index contributed by atoms with van der Waals surface area (Å²) in [5.74, 6) is -0.451. The third kappa shape index (κ3) is 3.74. The van der Waals surface area contributed by atoms with E-state index in [2.05, 4.69) is 16.2 Å². The molecule has 148 valence electrons. The highest BCUT2D eigenvalue weighted by molar-refractivity contribution is 5.81. The van der Waals surface area contributed by atoms with Gasteiger partial charge in [-0.1, -0.05) is 25.1 Å². The molecule has 7 heteroatoms. The van der Waals surface area contributed by atoms with Crippen molar-refractivity contribution in [2.24, 2.45) is 0 Å². The van der Waals surface area contributed by atoms with Crippen molar-refractivity contribution >= 4 is 11.2 Å². The molecule has 0 aliphatic rings. The summed E-state index contributed by atoms with van der Waals surface area (Å²) in [7, 11) is 0. The van der Waals surface area contributed by atoms with Crippen molar-refractivity contribution < 1.29 is 8.78 Å². The number of benzene rings is 1. The van der Waals surface area contributed by atoms with E-state index in [1.807, 2.05) is 6.92 Å². The molecular formula is C22H20F2N4O. The first-order valence-corrected chi connectivity index (χ1v) is 9.15. The second-order valence-electron chi connectivity index (χ2n) is 6.64. The van der Waals surface area contributed by atoms with E-state index in [9.17, 15) is 13.6 Å². The number of aromatic nitrogens is 3. The lowest BCUT2D eigenvalue weighted by Crippen LogP contribution is -2.19. The fourth-order valence-corrected chi connectivity index (χ4v) is 3.19. The fourth-order valence-electron chi connectivity index (χ4n) is 3.19. The topological polar surface area (TPSA) is 73.9 Å². The summed E-state index contributed by atoms with van der Waals surface area (Å²) >= 11 is 0. The summed E-state index contributed by atoms with van der Waals surface area (Å²) in [6.45, 7) is 3.99. The minimum atomic E-state index is -0.833. The quantitative estimate of drug-likeness (QED) is 0.640. The monoisotopic (exact) mass is 394 g/mol. The standard InChI is InChI=1S/C22H20F2N4O/c1-4-18-19(17(11-23)8-5-13(2)24)21-26-20(14(3)22(29)28(21)27-18)16-9-6-15(12-25)7-10-16/h5-10,27H,4,11H2,1-3H3/b13-5+,17-8+. The van der Waals surface area contributed by atoms with Gasteiger partial charge < -0.3 is 0 Å². The van der Waals surface area contributed by atoms with Crippen molar-refractivity contribution in [1.82, 2.24) is 14.6 Å². The van der Waals surface area contributed by atoms with Gasteiger partial charge in [0, 0.05) is 22.4 Å². The number of H-pyrrole nitrogens is 1. The Morgan fingerprint density at radius 1 is 1.31 bits per heavy atom. The Hall–Kier alpha value is -3.53. The maximum atomic E-state index is 13.8. The Morgan fingerprint density at radius 2 is 2.00 bits per heavy atom. The molecule has 2 heterocycles. The second kappa shape index (κ2) is 8.23. The number of nitrogens with zero attached hydrogens (tertiary/aromatic N) is 3. The molecule has 0 spiro atoms. The van der Waals surface area contributed by atoms with Crippen LogP contribution in [0, 0.1) is 18.3 Å². The zero-order valence-electron chi connectivity index (χ0n) is 16.4. The number of rotatable bonds is 5. The SMILES string of the molecule is CCc1[nH]n2c(=O)c(C)c(-c3ccc(C#N)cc3)nc2c1/C(=C/C=C(\C)F)CF. The summed E-state index contributed by atoms with van der Waals surface area (Å²) in [5, 5.41) is 12.0. The van der Waals surface area contributed by atoms with Gasteiger partial charge in [0.25, 0.3) is 5.56 Å². The van der Waals surface area contributed by atoms with Crippen LogP contribution in [-0.4, -0.2) is 21.3 Å². The van der Waals surface area contributed by atoms with Crippen LogP contribution in [0.4, 0.5) is 8.78 Å². The van der Waals surface area contributed by atoms with Crippen LogP contribution in [0.25, 0.3) is 22.5 Å². The molecule has 0 atom stereocenters. The van der Waals surface area contributed by atoms with Gasteiger partial charge in [-0.25, -0.2) is 18.3 Å². The molecule has 0 fully saturated rings. The van der Waals surface area contributed by atoms with E-state index in [1.54, 1.807) is 31.2 Å². The number of aromatic amines is 1. The number of nitriles is 1. The van der Waals surface area contributed by atoms with Crippen molar-refractivity contribution in [3.8, 4) is 17.3 Å². The van der Waals surface area contributed by atoms with E-state index in [0.717, 1.165) is 0 Å². The van der Waals surface area contributed by atoms with Crippen LogP contribution < -0.4 is 5.56 Å². The highest BCUT2D eigenvalue weighted by Crippen LogP contribution is 2.27. The van der Waals surface area contributed by atoms with Gasteiger partial charge in [-0.3, -0.25) is 9.89 Å². The smallest absolute Gasteiger partial charge is 0.276 e. The van der Waals surface area contributed by atoms with Crippen LogP contribution in [0.15, 0.2) is 47.0 Å². The number of aryl methyl sites for hydroxylation is 1. The molecule has 2 aromatic heterocycles. The van der Waals surface area contributed by atoms with Crippen LogP contribution >= 0.6 is 0 Å². The van der Waals surface area contributed by atoms with E-state index in [4.69, 9.17) is 5.26 Å². The molecule has 0 aliphatic heterocycles. The average Bonchev–Trinajstić information content (AvgIpc) is 3.10. The van der Waals surface area contributed by atoms with Crippen LogP contribution in [-0.2, 0) is 6.42 Å². The molecule has 1 N–H and O–H groups in total. The first-order chi connectivity index (χ1) is 13.9. The largest absolute Gasteiger partial charge is 0.293 e. The first kappa shape index (κ1) is 20.2. The molecule has 0 unspecified atom stereocenters. The van der Waals surface area contributed by atoms with Crippen molar-refractivity contribution in [2.75, 3.05) is 6.67 Å². The minimum absolute atomic E-state index is 0.235. The lowest BCUT2D eigenvalue weighted by Gasteiger charge is -2.07. The maximum absolute atomic E-state index is 13.8. The molecule has 29 heavy (non-hydrogen) atoms. The molecule has 5 nitrogen and oxygen atoms in total. The molecule has 0 bridgehead atoms. The summed E-state index contributed by atoms with van der Waals surface area (Å²) in [6, 6.07) is 8.79. The Balaban J connectivity index is 2.34. The summed E-state index contributed by atoms with van der Waals surface area (Å²) in [5.41, 5.74) is 3.37. The Labute approximate surface area is 166 Å². The third-order valence-electron chi connectivity index (χ3n) is 4.70. The first-order valence-electron chi connectivity index (χ1n) is 9.15. The Morgan fingerprint density at radius 3 is 2.55 bits per heavy atom. The summed E-state index contributed by atoms with van der Waals surface area (Å²) in [4.78, 5) is 17.6. The molecule has 3 aromatic rings. The van der Waals surface area contributed by atoms with Crippen molar-refractivity contribution in [1.29, 1.82) is 5.26 Å². The molecule has 0 saturated heterocycles. The van der Waals surface area contributed by atoms with Crippen molar-refractivity contribution in [2.45, 2.75) is 27.2 Å². The van der Waals surface area contributed by atoms with Gasteiger partial charge in [0.15, 0.2) is 5.65 Å². The van der Waals surface area contributed by atoms with Gasteiger partial charge in [-0.2, -0.15) is 5.26 Å². The highest BCUT2D eigenvalue weighted by Gasteiger charge is 2.20. The maximum Gasteiger partial charge on any atom is 0.276 e. The normalized spacial score (nSPS) is 12.4.